The maximum atomic E-state index is 13.9. The average Bonchev–Trinajstić information content (AvgIpc) is 2.93. The Labute approximate surface area is 139 Å². The first kappa shape index (κ1) is 16.0. The lowest BCUT2D eigenvalue weighted by Crippen LogP contribution is -2.31. The van der Waals surface area contributed by atoms with Crippen LogP contribution < -0.4 is 16.0 Å². The lowest BCUT2D eigenvalue weighted by atomic mass is 10.1. The molecule has 0 radical (unpaired) electrons. The number of hydrogen-bond donors (Lipinski definition) is 3. The van der Waals surface area contributed by atoms with Gasteiger partial charge in [-0.3, -0.25) is 4.79 Å². The van der Waals surface area contributed by atoms with Crippen LogP contribution in [0.25, 0.3) is 0 Å². The lowest BCUT2D eigenvalue weighted by Gasteiger charge is -2.15. The van der Waals surface area contributed by atoms with Gasteiger partial charge in [0.25, 0.3) is 0 Å². The second kappa shape index (κ2) is 6.70. The number of amides is 3. The lowest BCUT2D eigenvalue weighted by molar-refractivity contribution is -0.114. The van der Waals surface area contributed by atoms with Gasteiger partial charge in [0, 0.05) is 12.6 Å². The van der Waals surface area contributed by atoms with Crippen molar-refractivity contribution in [3.63, 3.8) is 0 Å². The highest BCUT2D eigenvalue weighted by Crippen LogP contribution is 2.30. The number of carbonyl (C=O) groups is 2. The molecule has 0 bridgehead atoms. The number of carbonyl (C=O) groups excluding carboxylic acids is 2. The molecule has 3 amide bonds. The van der Waals surface area contributed by atoms with Gasteiger partial charge in [-0.2, -0.15) is 0 Å². The Hall–Kier alpha value is -2.89. The van der Waals surface area contributed by atoms with E-state index in [4.69, 9.17) is 0 Å². The van der Waals surface area contributed by atoms with Crippen LogP contribution in [0.4, 0.5) is 20.6 Å². The Balaban J connectivity index is 1.68. The third-order valence-corrected chi connectivity index (χ3v) is 3.97. The molecule has 5 nitrogen and oxygen atoms in total. The third-order valence-electron chi connectivity index (χ3n) is 3.97. The molecule has 3 N–H and O–H groups in total. The highest BCUT2D eigenvalue weighted by atomic mass is 19.1. The zero-order valence-corrected chi connectivity index (χ0v) is 13.2. The highest BCUT2D eigenvalue weighted by Gasteiger charge is 2.23. The van der Waals surface area contributed by atoms with E-state index in [0.29, 0.717) is 5.69 Å². The number of nitrogens with one attached hydrogen (secondary N) is 3. The minimum Gasteiger partial charge on any atom is -0.331 e. The first-order chi connectivity index (χ1) is 11.5. The van der Waals surface area contributed by atoms with E-state index in [1.54, 1.807) is 0 Å². The van der Waals surface area contributed by atoms with E-state index in [-0.39, 0.29) is 17.6 Å². The normalized spacial score (nSPS) is 15.5. The van der Waals surface area contributed by atoms with Gasteiger partial charge < -0.3 is 16.0 Å². The van der Waals surface area contributed by atoms with Gasteiger partial charge in [-0.25, -0.2) is 9.18 Å². The van der Waals surface area contributed by atoms with Crippen molar-refractivity contribution in [2.45, 2.75) is 25.8 Å². The second-order valence-electron chi connectivity index (χ2n) is 5.76. The summed E-state index contributed by atoms with van der Waals surface area (Å²) in [4.78, 5) is 23.3. The van der Waals surface area contributed by atoms with Gasteiger partial charge in [0.05, 0.1) is 11.7 Å². The van der Waals surface area contributed by atoms with Crippen LogP contribution in [0.3, 0.4) is 0 Å². The Morgan fingerprint density at radius 3 is 2.71 bits per heavy atom. The van der Waals surface area contributed by atoms with Crippen LogP contribution >= 0.6 is 0 Å². The van der Waals surface area contributed by atoms with E-state index in [1.165, 1.54) is 30.7 Å². The first-order valence-corrected chi connectivity index (χ1v) is 7.75. The molecule has 0 aliphatic heterocycles. The second-order valence-corrected chi connectivity index (χ2v) is 5.76. The van der Waals surface area contributed by atoms with E-state index in [1.807, 2.05) is 24.3 Å². The summed E-state index contributed by atoms with van der Waals surface area (Å²) >= 11 is 0. The molecule has 0 heterocycles. The molecule has 2 aromatic carbocycles. The largest absolute Gasteiger partial charge is 0.331 e. The molecule has 1 unspecified atom stereocenters. The summed E-state index contributed by atoms with van der Waals surface area (Å²) in [6.45, 7) is 1.36. The molecular weight excluding hydrogens is 309 g/mol. The summed E-state index contributed by atoms with van der Waals surface area (Å²) in [7, 11) is 0. The van der Waals surface area contributed by atoms with Crippen molar-refractivity contribution in [2.75, 3.05) is 10.6 Å². The van der Waals surface area contributed by atoms with E-state index >= 15 is 0 Å². The molecule has 2 aromatic rings. The quantitative estimate of drug-likeness (QED) is 0.806. The first-order valence-electron chi connectivity index (χ1n) is 7.75. The molecule has 0 saturated carbocycles. The fourth-order valence-corrected chi connectivity index (χ4v) is 2.93. The van der Waals surface area contributed by atoms with Gasteiger partial charge >= 0.3 is 6.03 Å². The van der Waals surface area contributed by atoms with E-state index in [0.717, 1.165) is 18.4 Å². The molecular formula is C18H18FN3O2. The average molecular weight is 327 g/mol. The molecule has 3 rings (SSSR count). The number of fused-ring (bicyclic) bond motifs is 1. The molecule has 1 aliphatic carbocycles. The molecule has 0 spiro atoms. The fraction of sp³-hybridized carbons (Fsp3) is 0.222. The van der Waals surface area contributed by atoms with Crippen molar-refractivity contribution in [1.29, 1.82) is 0 Å². The number of halogens is 1. The van der Waals surface area contributed by atoms with Crippen molar-refractivity contribution in [1.82, 2.24) is 5.32 Å². The SMILES string of the molecule is CC(=O)Nc1ccc(F)c(NC(=O)NC2CCc3ccccc32)c1. The van der Waals surface area contributed by atoms with Gasteiger partial charge in [0.1, 0.15) is 5.82 Å². The molecule has 1 atom stereocenters. The van der Waals surface area contributed by atoms with Crippen LogP contribution in [0.1, 0.15) is 30.5 Å². The zero-order chi connectivity index (χ0) is 17.1. The molecule has 124 valence electrons. The summed E-state index contributed by atoms with van der Waals surface area (Å²) in [5, 5.41) is 7.93. The van der Waals surface area contributed by atoms with E-state index < -0.39 is 11.8 Å². The smallest absolute Gasteiger partial charge is 0.319 e. The number of hydrogen-bond acceptors (Lipinski definition) is 2. The van der Waals surface area contributed by atoms with Crippen LogP contribution in [-0.4, -0.2) is 11.9 Å². The van der Waals surface area contributed by atoms with Gasteiger partial charge in [-0.15, -0.1) is 0 Å². The minimum absolute atomic E-state index is 0.0185. The Morgan fingerprint density at radius 1 is 1.12 bits per heavy atom. The van der Waals surface area contributed by atoms with Crippen LogP contribution in [0.15, 0.2) is 42.5 Å². The summed E-state index contributed by atoms with van der Waals surface area (Å²) < 4.78 is 13.9. The molecule has 0 aromatic heterocycles. The Bertz CT molecular complexity index is 792. The number of aryl methyl sites for hydroxylation is 1. The van der Waals surface area contributed by atoms with Gasteiger partial charge in [0.2, 0.25) is 5.91 Å². The zero-order valence-electron chi connectivity index (χ0n) is 13.2. The molecule has 24 heavy (non-hydrogen) atoms. The van der Waals surface area contributed by atoms with Crippen molar-refractivity contribution in [3.05, 3.63) is 59.4 Å². The summed E-state index contributed by atoms with van der Waals surface area (Å²) in [5.41, 5.74) is 2.76. The molecule has 1 aliphatic rings. The molecule has 6 heteroatoms. The van der Waals surface area contributed by atoms with Gasteiger partial charge in [-0.1, -0.05) is 24.3 Å². The van der Waals surface area contributed by atoms with Crippen LogP contribution in [-0.2, 0) is 11.2 Å². The van der Waals surface area contributed by atoms with Crippen molar-refractivity contribution < 1.29 is 14.0 Å². The van der Waals surface area contributed by atoms with Crippen LogP contribution in [0.2, 0.25) is 0 Å². The number of benzene rings is 2. The maximum Gasteiger partial charge on any atom is 0.319 e. The van der Waals surface area contributed by atoms with Crippen LogP contribution in [0, 0.1) is 5.82 Å². The van der Waals surface area contributed by atoms with Crippen molar-refractivity contribution in [2.24, 2.45) is 0 Å². The van der Waals surface area contributed by atoms with E-state index in [9.17, 15) is 14.0 Å². The van der Waals surface area contributed by atoms with Gasteiger partial charge in [-0.05, 0) is 42.2 Å². The predicted octanol–water partition coefficient (Wildman–Crippen LogP) is 3.59. The number of urea groups is 1. The standard InChI is InChI=1S/C18H18FN3O2/c1-11(23)20-13-7-8-15(19)17(10-13)22-18(24)21-16-9-6-12-4-2-3-5-14(12)16/h2-5,7-8,10,16H,6,9H2,1H3,(H,20,23)(H2,21,22,24). The summed E-state index contributed by atoms with van der Waals surface area (Å²) in [6.07, 6.45) is 1.73. The summed E-state index contributed by atoms with van der Waals surface area (Å²) in [5.74, 6) is -0.828. The predicted molar refractivity (Wildman–Crippen MR) is 90.4 cm³/mol. The van der Waals surface area contributed by atoms with Gasteiger partial charge in [0.15, 0.2) is 0 Å². The summed E-state index contributed by atoms with van der Waals surface area (Å²) in [6, 6.07) is 11.4. The number of rotatable bonds is 3. The van der Waals surface area contributed by atoms with Crippen molar-refractivity contribution in [3.8, 4) is 0 Å². The monoisotopic (exact) mass is 327 g/mol. The Morgan fingerprint density at radius 2 is 1.92 bits per heavy atom. The Kier molecular flexibility index (Phi) is 4.46. The van der Waals surface area contributed by atoms with Crippen molar-refractivity contribution >= 4 is 23.3 Å². The highest BCUT2D eigenvalue weighted by molar-refractivity contribution is 5.92. The number of anilines is 2. The minimum atomic E-state index is -0.564. The molecule has 0 saturated heterocycles. The maximum absolute atomic E-state index is 13.9. The fourth-order valence-electron chi connectivity index (χ4n) is 2.93. The third kappa shape index (κ3) is 3.53. The van der Waals surface area contributed by atoms with E-state index in [2.05, 4.69) is 16.0 Å². The topological polar surface area (TPSA) is 70.2 Å². The van der Waals surface area contributed by atoms with Crippen LogP contribution in [0.5, 0.6) is 0 Å². The molecule has 0 fully saturated rings.